The molecule has 1 atom stereocenters. The largest absolute Gasteiger partial charge is 0.477 e. The lowest BCUT2D eigenvalue weighted by atomic mass is 9.89. The average Bonchev–Trinajstić information content (AvgIpc) is 2.94. The first-order valence-electron chi connectivity index (χ1n) is 6.52. The number of likely N-dealkylation sites (tertiary alicyclic amines) is 1. The van der Waals surface area contributed by atoms with Crippen molar-refractivity contribution in [2.75, 3.05) is 18.4 Å². The van der Waals surface area contributed by atoms with Crippen LogP contribution in [0.1, 0.15) is 29.5 Å². The van der Waals surface area contributed by atoms with Crippen molar-refractivity contribution in [2.24, 2.45) is 11.1 Å². The maximum Gasteiger partial charge on any atom is 0.354 e. The maximum absolute atomic E-state index is 12.2. The van der Waals surface area contributed by atoms with Gasteiger partial charge in [0.25, 0.3) is 0 Å². The lowest BCUT2D eigenvalue weighted by Crippen LogP contribution is -2.40. The monoisotopic (exact) mass is 294 g/mol. The molecular formula is C13H18N4O4. The van der Waals surface area contributed by atoms with Gasteiger partial charge in [-0.2, -0.15) is 0 Å². The predicted molar refractivity (Wildman–Crippen MR) is 75.0 cm³/mol. The third kappa shape index (κ3) is 2.83. The first-order valence-corrected chi connectivity index (χ1v) is 6.52. The van der Waals surface area contributed by atoms with E-state index in [0.29, 0.717) is 18.7 Å². The molecule has 1 saturated heterocycles. The zero-order valence-electron chi connectivity index (χ0n) is 11.9. The molecule has 2 rings (SSSR count). The Balaban J connectivity index is 2.10. The van der Waals surface area contributed by atoms with Crippen LogP contribution >= 0.6 is 0 Å². The van der Waals surface area contributed by atoms with Crippen molar-refractivity contribution in [2.45, 2.75) is 20.3 Å². The van der Waals surface area contributed by atoms with Gasteiger partial charge in [0.05, 0.1) is 11.1 Å². The van der Waals surface area contributed by atoms with E-state index in [1.54, 1.807) is 19.9 Å². The summed E-state index contributed by atoms with van der Waals surface area (Å²) in [6.07, 6.45) is 0.494. The van der Waals surface area contributed by atoms with Crippen molar-refractivity contribution in [3.05, 3.63) is 17.5 Å². The summed E-state index contributed by atoms with van der Waals surface area (Å²) >= 11 is 0. The molecule has 0 aromatic carbocycles. The molecule has 0 saturated carbocycles. The van der Waals surface area contributed by atoms with Crippen LogP contribution in [0.5, 0.6) is 0 Å². The third-order valence-electron chi connectivity index (χ3n) is 3.76. The molecule has 0 spiro atoms. The number of rotatable bonds is 3. The quantitative estimate of drug-likeness (QED) is 0.655. The molecule has 2 heterocycles. The van der Waals surface area contributed by atoms with E-state index in [0.717, 1.165) is 0 Å². The van der Waals surface area contributed by atoms with E-state index in [2.05, 4.69) is 10.3 Å². The van der Waals surface area contributed by atoms with Crippen LogP contribution in [0.4, 0.5) is 10.5 Å². The molecule has 5 N–H and O–H groups in total. The summed E-state index contributed by atoms with van der Waals surface area (Å²) in [5.74, 6) is -1.59. The number of primary amides is 1. The minimum atomic E-state index is -1.15. The number of H-pyrrole nitrogens is 1. The molecule has 1 fully saturated rings. The number of carbonyl (C=O) groups is 3. The van der Waals surface area contributed by atoms with Gasteiger partial charge in [-0.3, -0.25) is 4.79 Å². The molecule has 0 radical (unpaired) electrons. The minimum absolute atomic E-state index is 0.0716. The highest BCUT2D eigenvalue weighted by atomic mass is 16.4. The summed E-state index contributed by atoms with van der Waals surface area (Å²) < 4.78 is 0. The molecule has 0 bridgehead atoms. The van der Waals surface area contributed by atoms with Crippen LogP contribution in [0.2, 0.25) is 0 Å². The number of aromatic nitrogens is 1. The van der Waals surface area contributed by atoms with Gasteiger partial charge in [0.15, 0.2) is 0 Å². The molecule has 1 unspecified atom stereocenters. The van der Waals surface area contributed by atoms with Crippen molar-refractivity contribution < 1.29 is 19.5 Å². The number of carboxylic acid groups (broad SMARTS) is 1. The van der Waals surface area contributed by atoms with Gasteiger partial charge in [0.2, 0.25) is 5.91 Å². The summed E-state index contributed by atoms with van der Waals surface area (Å²) in [6, 6.07) is 1.10. The van der Waals surface area contributed by atoms with Crippen molar-refractivity contribution in [3.63, 3.8) is 0 Å². The average molecular weight is 294 g/mol. The minimum Gasteiger partial charge on any atom is -0.477 e. The number of aromatic carboxylic acids is 1. The molecule has 1 aliphatic rings. The number of aromatic amines is 1. The second-order valence-electron chi connectivity index (χ2n) is 5.57. The Labute approximate surface area is 121 Å². The number of carboxylic acids is 1. The summed E-state index contributed by atoms with van der Waals surface area (Å²) in [5, 5.41) is 11.6. The lowest BCUT2D eigenvalue weighted by Gasteiger charge is -2.21. The number of nitrogens with one attached hydrogen (secondary N) is 2. The Bertz CT molecular complexity index is 609. The number of urea groups is 1. The van der Waals surface area contributed by atoms with Crippen LogP contribution in [0, 0.1) is 12.3 Å². The SMILES string of the molecule is Cc1cc(NC(=O)N2CCC(C)(C(N)=O)C2)c(C(=O)O)[nH]1. The highest BCUT2D eigenvalue weighted by molar-refractivity contribution is 5.99. The van der Waals surface area contributed by atoms with E-state index >= 15 is 0 Å². The topological polar surface area (TPSA) is 129 Å². The first kappa shape index (κ1) is 14.9. The molecule has 0 aliphatic carbocycles. The number of aryl methyl sites for hydroxylation is 1. The van der Waals surface area contributed by atoms with E-state index in [9.17, 15) is 14.4 Å². The lowest BCUT2D eigenvalue weighted by molar-refractivity contribution is -0.126. The fourth-order valence-electron chi connectivity index (χ4n) is 2.39. The van der Waals surface area contributed by atoms with Crippen molar-refractivity contribution in [3.8, 4) is 0 Å². The van der Waals surface area contributed by atoms with E-state index < -0.39 is 23.3 Å². The molecule has 8 nitrogen and oxygen atoms in total. The molecule has 1 aliphatic heterocycles. The van der Waals surface area contributed by atoms with Gasteiger partial charge in [-0.25, -0.2) is 9.59 Å². The van der Waals surface area contributed by atoms with Crippen molar-refractivity contribution in [1.82, 2.24) is 9.88 Å². The molecule has 21 heavy (non-hydrogen) atoms. The molecule has 1 aromatic heterocycles. The second kappa shape index (κ2) is 5.12. The van der Waals surface area contributed by atoms with E-state index in [1.165, 1.54) is 4.90 Å². The maximum atomic E-state index is 12.2. The number of hydrogen-bond acceptors (Lipinski definition) is 3. The first-order chi connectivity index (χ1) is 9.73. The zero-order valence-corrected chi connectivity index (χ0v) is 11.9. The smallest absolute Gasteiger partial charge is 0.354 e. The Morgan fingerprint density at radius 1 is 1.48 bits per heavy atom. The highest BCUT2D eigenvalue weighted by Crippen LogP contribution is 2.30. The molecule has 114 valence electrons. The normalized spacial score (nSPS) is 21.3. The Hall–Kier alpha value is -2.51. The van der Waals surface area contributed by atoms with Crippen molar-refractivity contribution >= 4 is 23.6 Å². The number of anilines is 1. The van der Waals surface area contributed by atoms with Gasteiger partial charge < -0.3 is 26.0 Å². The van der Waals surface area contributed by atoms with Gasteiger partial charge in [-0.15, -0.1) is 0 Å². The number of carbonyl (C=O) groups excluding carboxylic acids is 2. The standard InChI is InChI=1S/C13H18N4O4/c1-7-5-8(9(15-7)10(18)19)16-12(21)17-4-3-13(2,6-17)11(14)20/h5,15H,3-4,6H2,1-2H3,(H2,14,20)(H,16,21)(H,18,19). The van der Waals surface area contributed by atoms with Crippen LogP contribution < -0.4 is 11.1 Å². The van der Waals surface area contributed by atoms with Crippen LogP contribution in [-0.4, -0.2) is 46.0 Å². The van der Waals surface area contributed by atoms with E-state index in [1.807, 2.05) is 0 Å². The van der Waals surface area contributed by atoms with Crippen LogP contribution in [0.3, 0.4) is 0 Å². The molecule has 1 aromatic rings. The van der Waals surface area contributed by atoms with Crippen molar-refractivity contribution in [1.29, 1.82) is 0 Å². The molecule has 3 amide bonds. The second-order valence-corrected chi connectivity index (χ2v) is 5.57. The summed E-state index contributed by atoms with van der Waals surface area (Å²) in [4.78, 5) is 38.7. The summed E-state index contributed by atoms with van der Waals surface area (Å²) in [7, 11) is 0. The number of nitrogens with two attached hydrogens (primary N) is 1. The van der Waals surface area contributed by atoms with Gasteiger partial charge >= 0.3 is 12.0 Å². The fourth-order valence-corrected chi connectivity index (χ4v) is 2.39. The third-order valence-corrected chi connectivity index (χ3v) is 3.76. The van der Waals surface area contributed by atoms with Gasteiger partial charge in [0.1, 0.15) is 5.69 Å². The number of amides is 3. The highest BCUT2D eigenvalue weighted by Gasteiger charge is 2.40. The molecular weight excluding hydrogens is 276 g/mol. The van der Waals surface area contributed by atoms with E-state index in [-0.39, 0.29) is 17.9 Å². The predicted octanol–water partition coefficient (Wildman–Crippen LogP) is 0.751. The number of hydrogen-bond donors (Lipinski definition) is 4. The summed E-state index contributed by atoms with van der Waals surface area (Å²) in [5.41, 5.74) is 5.36. The Morgan fingerprint density at radius 3 is 2.67 bits per heavy atom. The summed E-state index contributed by atoms with van der Waals surface area (Å²) in [6.45, 7) is 4.03. The van der Waals surface area contributed by atoms with Crippen LogP contribution in [0.25, 0.3) is 0 Å². The molecule has 8 heteroatoms. The Kier molecular flexibility index (Phi) is 3.63. The zero-order chi connectivity index (χ0) is 15.8. The fraction of sp³-hybridized carbons (Fsp3) is 0.462. The number of nitrogens with zero attached hydrogens (tertiary/aromatic N) is 1. The van der Waals surface area contributed by atoms with Gasteiger partial charge in [-0.1, -0.05) is 0 Å². The van der Waals surface area contributed by atoms with Crippen LogP contribution in [0.15, 0.2) is 6.07 Å². The van der Waals surface area contributed by atoms with Gasteiger partial charge in [-0.05, 0) is 26.3 Å². The van der Waals surface area contributed by atoms with Gasteiger partial charge in [0, 0.05) is 18.8 Å². The van der Waals surface area contributed by atoms with Crippen LogP contribution in [-0.2, 0) is 4.79 Å². The van der Waals surface area contributed by atoms with E-state index in [4.69, 9.17) is 10.8 Å². The Morgan fingerprint density at radius 2 is 2.14 bits per heavy atom.